The molecule has 0 spiro atoms. The summed E-state index contributed by atoms with van der Waals surface area (Å²) < 4.78 is 11.9. The number of aryl methyl sites for hydroxylation is 2. The maximum Gasteiger partial charge on any atom is 0.270 e. The lowest BCUT2D eigenvalue weighted by atomic mass is 9.85. The summed E-state index contributed by atoms with van der Waals surface area (Å²) in [4.78, 5) is 179. The van der Waals surface area contributed by atoms with E-state index >= 15 is 19.2 Å². The summed E-state index contributed by atoms with van der Waals surface area (Å²) in [6.07, 6.45) is 2.88. The third-order valence-corrected chi connectivity index (χ3v) is 20.1. The first-order valence-corrected chi connectivity index (χ1v) is 36.9. The molecule has 4 rings (SSSR count). The van der Waals surface area contributed by atoms with Gasteiger partial charge < -0.3 is 39.7 Å². The van der Waals surface area contributed by atoms with E-state index in [1.54, 1.807) is 48.6 Å². The third kappa shape index (κ3) is 24.8. The van der Waals surface area contributed by atoms with Gasteiger partial charge in [0.05, 0.1) is 44.5 Å². The number of aromatic nitrogens is 4. The number of ketones is 4. The van der Waals surface area contributed by atoms with E-state index in [0.717, 1.165) is 50.4 Å². The summed E-state index contributed by atoms with van der Waals surface area (Å²) in [6, 6.07) is -7.98. The van der Waals surface area contributed by atoms with Crippen LogP contribution in [0.4, 0.5) is 0 Å². The van der Waals surface area contributed by atoms with Crippen LogP contribution in [0.1, 0.15) is 206 Å². The molecule has 99 heavy (non-hydrogen) atoms. The number of carbonyl (C=O) groups is 11. The van der Waals surface area contributed by atoms with Crippen molar-refractivity contribution < 1.29 is 67.1 Å². The molecule has 0 aliphatic carbocycles. The van der Waals surface area contributed by atoms with Gasteiger partial charge in [0.15, 0.2) is 35.0 Å². The van der Waals surface area contributed by atoms with Crippen LogP contribution in [0.15, 0.2) is 0 Å². The van der Waals surface area contributed by atoms with Gasteiger partial charge in [-0.15, -0.1) is 10.2 Å². The summed E-state index contributed by atoms with van der Waals surface area (Å²) in [7, 11) is 7.71. The number of fused-ring (bicyclic) bond motifs is 1. The third-order valence-electron chi connectivity index (χ3n) is 20.1. The van der Waals surface area contributed by atoms with Crippen LogP contribution in [-0.2, 0) is 80.5 Å². The first-order valence-electron chi connectivity index (χ1n) is 36.9. The zero-order chi connectivity index (χ0) is 74.4. The lowest BCUT2D eigenvalue weighted by Gasteiger charge is -2.50. The van der Waals surface area contributed by atoms with Crippen molar-refractivity contribution in [1.82, 2.24) is 60.4 Å². The van der Waals surface area contributed by atoms with Gasteiger partial charge in [0.2, 0.25) is 35.4 Å². The molecule has 3 aliphatic heterocycles. The van der Waals surface area contributed by atoms with Crippen molar-refractivity contribution >= 4 is 64.5 Å². The molecule has 1 aromatic heterocycles. The maximum absolute atomic E-state index is 15.3. The number of unbranched alkanes of at least 4 members (excludes halogenated alkanes) is 3. The van der Waals surface area contributed by atoms with Gasteiger partial charge in [-0.05, 0) is 112 Å². The molecule has 0 radical (unpaired) electrons. The molecule has 7 amide bonds. The van der Waals surface area contributed by atoms with Gasteiger partial charge >= 0.3 is 0 Å². The van der Waals surface area contributed by atoms with E-state index < -0.39 is 154 Å². The van der Waals surface area contributed by atoms with Crippen LogP contribution in [0.25, 0.3) is 0 Å². The Morgan fingerprint density at radius 1 is 0.556 bits per heavy atom. The van der Waals surface area contributed by atoms with E-state index in [1.807, 2.05) is 62.3 Å². The van der Waals surface area contributed by atoms with Crippen LogP contribution in [0.2, 0.25) is 0 Å². The number of nitrogens with zero attached hydrogens (tertiary/aromatic N) is 10. The second-order valence-electron chi connectivity index (χ2n) is 30.8. The zero-order valence-electron chi connectivity index (χ0n) is 64.0. The fourth-order valence-electron chi connectivity index (χ4n) is 14.1. The van der Waals surface area contributed by atoms with Crippen LogP contribution in [-0.4, -0.2) is 236 Å². The summed E-state index contributed by atoms with van der Waals surface area (Å²) >= 11 is 0. The Bertz CT molecular complexity index is 2840. The number of rotatable bonds is 23. The van der Waals surface area contributed by atoms with Gasteiger partial charge in [-0.1, -0.05) is 110 Å². The highest BCUT2D eigenvalue weighted by Crippen LogP contribution is 2.35. The molecule has 1 aromatic rings. The van der Waals surface area contributed by atoms with E-state index in [9.17, 15) is 33.6 Å². The van der Waals surface area contributed by atoms with E-state index in [-0.39, 0.29) is 81.6 Å². The van der Waals surface area contributed by atoms with E-state index in [2.05, 4.69) is 30.9 Å². The number of amides is 7. The number of Topliss-reactive ketones (excluding diaryl/α,β-unsaturated/α-hetero) is 4. The Hall–Kier alpha value is -6.12. The van der Waals surface area contributed by atoms with Gasteiger partial charge in [-0.2, -0.15) is 4.80 Å². The molecule has 0 unspecified atom stereocenters. The van der Waals surface area contributed by atoms with Crippen LogP contribution in [0.5, 0.6) is 0 Å². The fourth-order valence-corrected chi connectivity index (χ4v) is 14.1. The Kier molecular flexibility index (Phi) is 34.9. The molecule has 562 valence electrons. The van der Waals surface area contributed by atoms with Crippen molar-refractivity contribution in [2.75, 3.05) is 67.6 Å². The summed E-state index contributed by atoms with van der Waals surface area (Å²) in [5, 5.41) is 19.0. The van der Waals surface area contributed by atoms with Crippen molar-refractivity contribution in [2.45, 2.75) is 262 Å². The van der Waals surface area contributed by atoms with Crippen LogP contribution < -0.4 is 10.6 Å². The number of likely N-dealkylation sites (N-methyl/N-ethyl adjacent to an activating group) is 4. The van der Waals surface area contributed by atoms with Crippen molar-refractivity contribution in [2.24, 2.45) is 66.2 Å². The molecule has 2 N–H and O–H groups in total. The lowest BCUT2D eigenvalue weighted by Crippen LogP contribution is -2.71. The topological polar surface area (TPSA) is 303 Å². The second kappa shape index (κ2) is 40.5. The molecule has 0 bridgehead atoms. The molecule has 26 heteroatoms. The lowest BCUT2D eigenvalue weighted by molar-refractivity contribution is -0.322. The molecule has 3 saturated heterocycles. The number of hydrogen-bond acceptors (Lipinski definition) is 18. The highest BCUT2D eigenvalue weighted by atomic mass is 16.7. The van der Waals surface area contributed by atoms with Gasteiger partial charge in [0, 0.05) is 104 Å². The van der Waals surface area contributed by atoms with Crippen molar-refractivity contribution in [3.05, 3.63) is 5.82 Å². The van der Waals surface area contributed by atoms with Gasteiger partial charge in [-0.3, -0.25) is 62.5 Å². The highest BCUT2D eigenvalue weighted by Gasteiger charge is 2.54. The number of hydrogen-bond donors (Lipinski definition) is 2. The Morgan fingerprint density at radius 2 is 1.13 bits per heavy atom. The zero-order valence-corrected chi connectivity index (χ0v) is 64.0. The summed E-state index contributed by atoms with van der Waals surface area (Å²) in [5.74, 6) is -10.6. The van der Waals surface area contributed by atoms with Crippen LogP contribution in [0.3, 0.4) is 0 Å². The standard InChI is InChI=1S/C73H126N12O14/c1-22-55-58(86)40-50(14)69(92)82(20)64(52(16)98-33-27-26-30-84-31-34-97-35-32-84)61(89)42-54(46(8)9)72(95)80(18)56(37-44(4)5)59(87)39-49(13)67(90)74-51(15)70(93)79(17)57(38-45(6)7)60(88)41-53(36-43(2)3)71(94)81(19)63(47(10)11)73(96)85-65(68(91)75-55)66(99-85)48(12)28-24-23-25-29-62-76-78-83(21)77-62/h43-57,63-66H,22-42H2,1-21H3,(H,74,90)(H,75,91)/t48-,49-,50+,51-,52-,53-,54+,55+,56+,57+,63+,64+,65+,66-/m1/s1. The highest BCUT2D eigenvalue weighted by molar-refractivity contribution is 6.00. The Labute approximate surface area is 590 Å². The number of nitrogens with one attached hydrogen (secondary N) is 2. The Balaban J connectivity index is 1.83. The van der Waals surface area contributed by atoms with E-state index in [4.69, 9.17) is 14.3 Å². The number of tetrazole rings is 1. The second-order valence-corrected chi connectivity index (χ2v) is 30.8. The largest absolute Gasteiger partial charge is 0.379 e. The summed E-state index contributed by atoms with van der Waals surface area (Å²) in [5.41, 5.74) is 0. The maximum atomic E-state index is 15.3. The molecule has 0 aromatic carbocycles. The average molecular weight is 1400 g/mol. The van der Waals surface area contributed by atoms with Crippen molar-refractivity contribution in [1.29, 1.82) is 0 Å². The van der Waals surface area contributed by atoms with Crippen LogP contribution in [0, 0.1) is 59.2 Å². The monoisotopic (exact) mass is 1390 g/mol. The number of hydroxylamine groups is 2. The normalized spacial score (nSPS) is 27.8. The molecule has 4 heterocycles. The number of ether oxygens (including phenoxy) is 2. The van der Waals surface area contributed by atoms with Gasteiger partial charge in [0.25, 0.3) is 5.91 Å². The molecule has 3 aliphatic rings. The number of carbonyl (C=O) groups excluding carboxylic acids is 11. The van der Waals surface area contributed by atoms with Crippen molar-refractivity contribution in [3.63, 3.8) is 0 Å². The summed E-state index contributed by atoms with van der Waals surface area (Å²) in [6.45, 7) is 32.7. The van der Waals surface area contributed by atoms with E-state index in [0.29, 0.717) is 38.3 Å². The van der Waals surface area contributed by atoms with E-state index in [1.165, 1.54) is 59.5 Å². The minimum absolute atomic E-state index is 0.0850. The molecule has 0 saturated carbocycles. The quantitative estimate of drug-likeness (QED) is 0.111. The molecule has 14 atom stereocenters. The predicted molar refractivity (Wildman–Crippen MR) is 375 cm³/mol. The fraction of sp³-hybridized carbons (Fsp3) is 0.836. The van der Waals surface area contributed by atoms with Crippen molar-refractivity contribution in [3.8, 4) is 0 Å². The minimum atomic E-state index is -1.25. The molecular weight excluding hydrogens is 1270 g/mol. The molecule has 3 fully saturated rings. The van der Waals surface area contributed by atoms with Crippen LogP contribution >= 0.6 is 0 Å². The minimum Gasteiger partial charge on any atom is -0.379 e. The predicted octanol–water partition coefficient (Wildman–Crippen LogP) is 6.49. The first-order chi connectivity index (χ1) is 46.4. The first kappa shape index (κ1) is 85.3. The number of morpholine rings is 1. The Morgan fingerprint density at radius 3 is 1.69 bits per heavy atom. The average Bonchev–Trinajstić information content (AvgIpc) is 1.01. The molecule has 26 nitrogen and oxygen atoms in total. The smallest absolute Gasteiger partial charge is 0.270 e. The van der Waals surface area contributed by atoms with Gasteiger partial charge in [-0.25, -0.2) is 5.06 Å². The molecular formula is C73H126N12O14. The SMILES string of the molecule is CC[C@@H]1NC(=O)[C@@H]2[C@@H]([C@H](C)CCCCCc3nnn(C)n3)ON2C(=O)[C@H](C(C)C)N(C)C(=O)[C@H](CC(C)C)CC(=O)[C@H](CC(C)C)N(C)C(=O)[C@@H](C)NC(=O)[C@H](C)CC(=O)[C@H](CC(C)C)N(C)C(=O)[C@H](C(C)C)CC(=O)[C@H]([C@@H](C)OCCCCN2CCOCC2)N(C)C(=O)[C@@H](C)CC1=O. The van der Waals surface area contributed by atoms with Gasteiger partial charge in [0.1, 0.15) is 24.2 Å².